The molecule has 1 heterocycles. The molecule has 0 aliphatic carbocycles. The highest BCUT2D eigenvalue weighted by Gasteiger charge is 2.07. The van der Waals surface area contributed by atoms with Gasteiger partial charge in [0.1, 0.15) is 5.82 Å². The molecule has 0 spiro atoms. The van der Waals surface area contributed by atoms with Gasteiger partial charge >= 0.3 is 0 Å². The van der Waals surface area contributed by atoms with Crippen molar-refractivity contribution in [1.82, 2.24) is 9.97 Å². The molecule has 0 aliphatic rings. The second-order valence-corrected chi connectivity index (χ2v) is 4.36. The van der Waals surface area contributed by atoms with Crippen LogP contribution in [0, 0.1) is 6.92 Å². The number of halogens is 1. The van der Waals surface area contributed by atoms with Gasteiger partial charge in [-0.3, -0.25) is 0 Å². The van der Waals surface area contributed by atoms with Gasteiger partial charge in [0.2, 0.25) is 0 Å². The second-order valence-electron chi connectivity index (χ2n) is 3.92. The number of benzene rings is 1. The summed E-state index contributed by atoms with van der Waals surface area (Å²) in [4.78, 5) is 8.74. The topological polar surface area (TPSA) is 51.8 Å². The van der Waals surface area contributed by atoms with Crippen LogP contribution in [0.2, 0.25) is 5.02 Å². The molecule has 0 atom stereocenters. The van der Waals surface area contributed by atoms with Crippen LogP contribution in [-0.4, -0.2) is 9.97 Å². The SMILES string of the molecule is CCc1cc(N)nc(-c2ccc(Cl)cc2C)n1. The summed E-state index contributed by atoms with van der Waals surface area (Å²) in [5.74, 6) is 1.16. The van der Waals surface area contributed by atoms with E-state index in [0.29, 0.717) is 16.7 Å². The van der Waals surface area contributed by atoms with Gasteiger partial charge in [0, 0.05) is 22.3 Å². The summed E-state index contributed by atoms with van der Waals surface area (Å²) < 4.78 is 0. The molecule has 0 fully saturated rings. The van der Waals surface area contributed by atoms with Crippen molar-refractivity contribution in [2.45, 2.75) is 20.3 Å². The van der Waals surface area contributed by atoms with Crippen molar-refractivity contribution in [3.05, 3.63) is 40.5 Å². The molecular weight excluding hydrogens is 234 g/mol. The third-order valence-electron chi connectivity index (χ3n) is 2.59. The predicted molar refractivity (Wildman–Crippen MR) is 71.0 cm³/mol. The summed E-state index contributed by atoms with van der Waals surface area (Å²) in [6.45, 7) is 4.03. The van der Waals surface area contributed by atoms with Gasteiger partial charge in [-0.05, 0) is 37.1 Å². The van der Waals surface area contributed by atoms with Gasteiger partial charge in [0.25, 0.3) is 0 Å². The molecule has 88 valence electrons. The first-order chi connectivity index (χ1) is 8.10. The van der Waals surface area contributed by atoms with Gasteiger partial charge in [0.05, 0.1) is 0 Å². The third kappa shape index (κ3) is 2.56. The largest absolute Gasteiger partial charge is 0.384 e. The Morgan fingerprint density at radius 1 is 1.24 bits per heavy atom. The summed E-state index contributed by atoms with van der Waals surface area (Å²) in [6, 6.07) is 7.46. The molecule has 0 bridgehead atoms. The number of anilines is 1. The maximum atomic E-state index is 5.93. The lowest BCUT2D eigenvalue weighted by Crippen LogP contribution is -2.00. The summed E-state index contributed by atoms with van der Waals surface area (Å²) in [6.07, 6.45) is 0.840. The van der Waals surface area contributed by atoms with E-state index in [0.717, 1.165) is 23.2 Å². The molecule has 2 rings (SSSR count). The van der Waals surface area contributed by atoms with Crippen LogP contribution in [0.5, 0.6) is 0 Å². The van der Waals surface area contributed by atoms with E-state index in [4.69, 9.17) is 17.3 Å². The number of hydrogen-bond acceptors (Lipinski definition) is 3. The summed E-state index contributed by atoms with van der Waals surface area (Å²) in [5, 5.41) is 0.714. The van der Waals surface area contributed by atoms with E-state index in [-0.39, 0.29) is 0 Å². The van der Waals surface area contributed by atoms with Crippen LogP contribution < -0.4 is 5.73 Å². The number of aromatic nitrogens is 2. The predicted octanol–water partition coefficient (Wildman–Crippen LogP) is 3.25. The highest BCUT2D eigenvalue weighted by Crippen LogP contribution is 2.24. The van der Waals surface area contributed by atoms with Crippen molar-refractivity contribution >= 4 is 17.4 Å². The molecule has 0 unspecified atom stereocenters. The van der Waals surface area contributed by atoms with Crippen molar-refractivity contribution < 1.29 is 0 Å². The third-order valence-corrected chi connectivity index (χ3v) is 2.83. The van der Waals surface area contributed by atoms with E-state index >= 15 is 0 Å². The fraction of sp³-hybridized carbons (Fsp3) is 0.231. The highest BCUT2D eigenvalue weighted by molar-refractivity contribution is 6.30. The molecule has 1 aromatic carbocycles. The van der Waals surface area contributed by atoms with Gasteiger partial charge in [-0.15, -0.1) is 0 Å². The van der Waals surface area contributed by atoms with Gasteiger partial charge in [0.15, 0.2) is 5.82 Å². The quantitative estimate of drug-likeness (QED) is 0.886. The standard InChI is InChI=1S/C13H14ClN3/c1-3-10-7-12(15)17-13(16-10)11-5-4-9(14)6-8(11)2/h4-7H,3H2,1-2H3,(H2,15,16,17). The Balaban J connectivity index is 2.55. The number of hydrogen-bond donors (Lipinski definition) is 1. The fourth-order valence-electron chi connectivity index (χ4n) is 1.70. The fourth-order valence-corrected chi connectivity index (χ4v) is 1.92. The summed E-state index contributed by atoms with van der Waals surface area (Å²) >= 11 is 5.93. The van der Waals surface area contributed by atoms with E-state index in [1.54, 1.807) is 6.07 Å². The molecule has 0 saturated carbocycles. The van der Waals surface area contributed by atoms with E-state index in [1.807, 2.05) is 32.0 Å². The molecule has 2 N–H and O–H groups in total. The van der Waals surface area contributed by atoms with E-state index < -0.39 is 0 Å². The molecular formula is C13H14ClN3. The lowest BCUT2D eigenvalue weighted by atomic mass is 10.1. The molecule has 3 nitrogen and oxygen atoms in total. The molecule has 17 heavy (non-hydrogen) atoms. The zero-order chi connectivity index (χ0) is 12.4. The smallest absolute Gasteiger partial charge is 0.162 e. The number of nitrogens with zero attached hydrogens (tertiary/aromatic N) is 2. The Hall–Kier alpha value is -1.61. The maximum absolute atomic E-state index is 5.93. The van der Waals surface area contributed by atoms with Crippen molar-refractivity contribution in [2.24, 2.45) is 0 Å². The van der Waals surface area contributed by atoms with Crippen LogP contribution in [0.25, 0.3) is 11.4 Å². The Morgan fingerprint density at radius 2 is 2.00 bits per heavy atom. The minimum absolute atomic E-state index is 0.501. The minimum atomic E-state index is 0.501. The van der Waals surface area contributed by atoms with Gasteiger partial charge in [-0.25, -0.2) is 9.97 Å². The Morgan fingerprint density at radius 3 is 2.65 bits per heavy atom. The van der Waals surface area contributed by atoms with Gasteiger partial charge < -0.3 is 5.73 Å². The zero-order valence-electron chi connectivity index (χ0n) is 9.87. The monoisotopic (exact) mass is 247 g/mol. The van der Waals surface area contributed by atoms with E-state index in [2.05, 4.69) is 9.97 Å². The molecule has 0 radical (unpaired) electrons. The van der Waals surface area contributed by atoms with Crippen LogP contribution in [-0.2, 0) is 6.42 Å². The normalized spacial score (nSPS) is 10.5. The lowest BCUT2D eigenvalue weighted by Gasteiger charge is -2.07. The Labute approximate surface area is 106 Å². The Kier molecular flexibility index (Phi) is 3.29. The minimum Gasteiger partial charge on any atom is -0.384 e. The van der Waals surface area contributed by atoms with Crippen molar-refractivity contribution in [2.75, 3.05) is 5.73 Å². The van der Waals surface area contributed by atoms with Crippen LogP contribution in [0.4, 0.5) is 5.82 Å². The summed E-state index contributed by atoms with van der Waals surface area (Å²) in [7, 11) is 0. The van der Waals surface area contributed by atoms with E-state index in [1.165, 1.54) is 0 Å². The first-order valence-corrected chi connectivity index (χ1v) is 5.88. The van der Waals surface area contributed by atoms with Crippen LogP contribution >= 0.6 is 11.6 Å². The number of nitrogens with two attached hydrogens (primary N) is 1. The molecule has 1 aromatic heterocycles. The van der Waals surface area contributed by atoms with Crippen LogP contribution in [0.1, 0.15) is 18.2 Å². The molecule has 0 saturated heterocycles. The molecule has 0 amide bonds. The van der Waals surface area contributed by atoms with E-state index in [9.17, 15) is 0 Å². The molecule has 2 aromatic rings. The summed E-state index contributed by atoms with van der Waals surface area (Å²) in [5.41, 5.74) is 8.74. The average Bonchev–Trinajstić information content (AvgIpc) is 2.28. The molecule has 0 aliphatic heterocycles. The van der Waals surface area contributed by atoms with Crippen molar-refractivity contribution in [3.8, 4) is 11.4 Å². The number of nitrogen functional groups attached to an aromatic ring is 1. The van der Waals surface area contributed by atoms with Crippen molar-refractivity contribution in [3.63, 3.8) is 0 Å². The van der Waals surface area contributed by atoms with Crippen LogP contribution in [0.15, 0.2) is 24.3 Å². The maximum Gasteiger partial charge on any atom is 0.162 e. The van der Waals surface area contributed by atoms with Gasteiger partial charge in [-0.2, -0.15) is 0 Å². The average molecular weight is 248 g/mol. The van der Waals surface area contributed by atoms with Crippen molar-refractivity contribution in [1.29, 1.82) is 0 Å². The first-order valence-electron chi connectivity index (χ1n) is 5.50. The van der Waals surface area contributed by atoms with Crippen LogP contribution in [0.3, 0.4) is 0 Å². The second kappa shape index (κ2) is 4.72. The number of rotatable bonds is 2. The molecule has 4 heteroatoms. The zero-order valence-corrected chi connectivity index (χ0v) is 10.6. The first kappa shape index (κ1) is 11.9. The Bertz CT molecular complexity index is 552. The highest BCUT2D eigenvalue weighted by atomic mass is 35.5. The number of aryl methyl sites for hydroxylation is 2. The lowest BCUT2D eigenvalue weighted by molar-refractivity contribution is 1.01. The van der Waals surface area contributed by atoms with Gasteiger partial charge in [-0.1, -0.05) is 18.5 Å².